The average molecular weight is 375 g/mol. The van der Waals surface area contributed by atoms with Gasteiger partial charge in [-0.2, -0.15) is 4.31 Å². The Bertz CT molecular complexity index is 974. The molecule has 1 fully saturated rings. The van der Waals surface area contributed by atoms with Gasteiger partial charge in [0.05, 0.1) is 4.90 Å². The SMILES string of the molecule is O=S(=O)(c1ccc2c(c1)OCO2)N1CCC(c2ccc3c(c2)OCO3)C1. The second kappa shape index (κ2) is 5.78. The minimum atomic E-state index is -3.57. The smallest absolute Gasteiger partial charge is 0.243 e. The topological polar surface area (TPSA) is 74.3 Å². The van der Waals surface area contributed by atoms with E-state index in [-0.39, 0.29) is 24.4 Å². The third-order valence-electron chi connectivity index (χ3n) is 5.00. The van der Waals surface area contributed by atoms with Gasteiger partial charge < -0.3 is 18.9 Å². The molecule has 0 saturated carbocycles. The van der Waals surface area contributed by atoms with Gasteiger partial charge in [-0.25, -0.2) is 8.42 Å². The minimum Gasteiger partial charge on any atom is -0.454 e. The number of hydrogen-bond donors (Lipinski definition) is 0. The zero-order valence-electron chi connectivity index (χ0n) is 13.9. The summed E-state index contributed by atoms with van der Waals surface area (Å²) in [5, 5.41) is 0. The molecule has 7 nitrogen and oxygen atoms in total. The highest BCUT2D eigenvalue weighted by atomic mass is 32.2. The van der Waals surface area contributed by atoms with Crippen LogP contribution in [0.25, 0.3) is 0 Å². The third kappa shape index (κ3) is 2.48. The van der Waals surface area contributed by atoms with Crippen LogP contribution in [0.2, 0.25) is 0 Å². The molecule has 1 unspecified atom stereocenters. The number of fused-ring (bicyclic) bond motifs is 2. The Morgan fingerprint density at radius 2 is 1.50 bits per heavy atom. The van der Waals surface area contributed by atoms with E-state index >= 15 is 0 Å². The molecule has 1 atom stereocenters. The highest BCUT2D eigenvalue weighted by Crippen LogP contribution is 2.39. The van der Waals surface area contributed by atoms with E-state index in [1.165, 1.54) is 10.4 Å². The molecule has 26 heavy (non-hydrogen) atoms. The van der Waals surface area contributed by atoms with Crippen LogP contribution >= 0.6 is 0 Å². The van der Waals surface area contributed by atoms with Crippen molar-refractivity contribution in [1.29, 1.82) is 0 Å². The molecule has 0 N–H and O–H groups in total. The zero-order chi connectivity index (χ0) is 17.7. The van der Waals surface area contributed by atoms with Crippen LogP contribution in [-0.2, 0) is 10.0 Å². The first-order valence-corrected chi connectivity index (χ1v) is 9.84. The third-order valence-corrected chi connectivity index (χ3v) is 6.86. The number of hydrogen-bond acceptors (Lipinski definition) is 6. The Morgan fingerprint density at radius 3 is 2.27 bits per heavy atom. The molecule has 0 aliphatic carbocycles. The first-order chi connectivity index (χ1) is 12.6. The second-order valence-electron chi connectivity index (χ2n) is 6.48. The summed E-state index contributed by atoms with van der Waals surface area (Å²) in [4.78, 5) is 0.230. The van der Waals surface area contributed by atoms with Crippen LogP contribution in [0.4, 0.5) is 0 Å². The molecule has 0 spiro atoms. The summed E-state index contributed by atoms with van der Waals surface area (Å²) in [5.74, 6) is 2.63. The maximum atomic E-state index is 13.0. The van der Waals surface area contributed by atoms with Crippen LogP contribution in [0, 0.1) is 0 Å². The largest absolute Gasteiger partial charge is 0.454 e. The van der Waals surface area contributed by atoms with E-state index in [9.17, 15) is 8.42 Å². The van der Waals surface area contributed by atoms with Crippen molar-refractivity contribution >= 4 is 10.0 Å². The Labute approximate surface area is 151 Å². The maximum Gasteiger partial charge on any atom is 0.243 e. The molecule has 2 aromatic rings. The van der Waals surface area contributed by atoms with Crippen molar-refractivity contribution < 1.29 is 27.4 Å². The number of ether oxygens (including phenoxy) is 4. The fraction of sp³-hybridized carbons (Fsp3) is 0.333. The van der Waals surface area contributed by atoms with Gasteiger partial charge in [-0.3, -0.25) is 0 Å². The average Bonchev–Trinajstić information content (AvgIpc) is 3.39. The minimum absolute atomic E-state index is 0.120. The van der Waals surface area contributed by atoms with Gasteiger partial charge in [0, 0.05) is 19.2 Å². The van der Waals surface area contributed by atoms with Crippen LogP contribution < -0.4 is 18.9 Å². The van der Waals surface area contributed by atoms with Gasteiger partial charge in [0.25, 0.3) is 0 Å². The maximum absolute atomic E-state index is 13.0. The Hall–Kier alpha value is -2.45. The Balaban J connectivity index is 1.38. The first kappa shape index (κ1) is 15.8. The van der Waals surface area contributed by atoms with Gasteiger partial charge in [-0.1, -0.05) is 6.07 Å². The molecule has 8 heteroatoms. The van der Waals surface area contributed by atoms with Gasteiger partial charge in [-0.05, 0) is 42.2 Å². The predicted molar refractivity (Wildman–Crippen MR) is 91.2 cm³/mol. The lowest BCUT2D eigenvalue weighted by atomic mass is 9.98. The molecule has 2 aromatic carbocycles. The predicted octanol–water partition coefficient (Wildman–Crippen LogP) is 2.32. The Morgan fingerprint density at radius 1 is 0.846 bits per heavy atom. The molecule has 0 amide bonds. The quantitative estimate of drug-likeness (QED) is 0.820. The van der Waals surface area contributed by atoms with Crippen molar-refractivity contribution in [1.82, 2.24) is 4.31 Å². The lowest BCUT2D eigenvalue weighted by molar-refractivity contribution is 0.173. The molecule has 1 saturated heterocycles. The fourth-order valence-corrected chi connectivity index (χ4v) is 5.09. The van der Waals surface area contributed by atoms with Gasteiger partial charge in [0.1, 0.15) is 0 Å². The van der Waals surface area contributed by atoms with Crippen molar-refractivity contribution in [3.63, 3.8) is 0 Å². The van der Waals surface area contributed by atoms with E-state index in [1.807, 2.05) is 18.2 Å². The molecule has 3 aliphatic rings. The van der Waals surface area contributed by atoms with E-state index in [0.29, 0.717) is 24.6 Å². The van der Waals surface area contributed by atoms with Crippen LogP contribution in [-0.4, -0.2) is 39.4 Å². The lowest BCUT2D eigenvalue weighted by Gasteiger charge is -2.17. The molecular formula is C18H17NO6S. The summed E-state index contributed by atoms with van der Waals surface area (Å²) in [6, 6.07) is 10.5. The Kier molecular flexibility index (Phi) is 3.51. The van der Waals surface area contributed by atoms with Crippen molar-refractivity contribution in [2.45, 2.75) is 17.2 Å². The molecule has 5 rings (SSSR count). The number of benzene rings is 2. The highest BCUT2D eigenvalue weighted by Gasteiger charge is 2.34. The summed E-state index contributed by atoms with van der Waals surface area (Å²) < 4.78 is 48.8. The fourth-order valence-electron chi connectivity index (χ4n) is 3.57. The van der Waals surface area contributed by atoms with E-state index in [4.69, 9.17) is 18.9 Å². The van der Waals surface area contributed by atoms with E-state index < -0.39 is 10.0 Å². The normalized spacial score (nSPS) is 21.3. The van der Waals surface area contributed by atoms with Gasteiger partial charge >= 0.3 is 0 Å². The second-order valence-corrected chi connectivity index (χ2v) is 8.41. The molecule has 3 aliphatic heterocycles. The molecule has 0 aromatic heterocycles. The number of rotatable bonds is 3. The van der Waals surface area contributed by atoms with Crippen LogP contribution in [0.3, 0.4) is 0 Å². The van der Waals surface area contributed by atoms with E-state index in [0.717, 1.165) is 23.5 Å². The molecule has 0 bridgehead atoms. The molecule has 3 heterocycles. The monoisotopic (exact) mass is 375 g/mol. The van der Waals surface area contributed by atoms with Gasteiger partial charge in [-0.15, -0.1) is 0 Å². The van der Waals surface area contributed by atoms with Crippen molar-refractivity contribution in [3.8, 4) is 23.0 Å². The van der Waals surface area contributed by atoms with Crippen LogP contribution in [0.5, 0.6) is 23.0 Å². The van der Waals surface area contributed by atoms with Crippen molar-refractivity contribution in [2.24, 2.45) is 0 Å². The molecule has 0 radical (unpaired) electrons. The standard InChI is InChI=1S/C18H17NO6S/c20-26(21,14-2-4-16-18(8-14)25-11-23-16)19-6-5-13(9-19)12-1-3-15-17(7-12)24-10-22-15/h1-4,7-8,13H,5-6,9-11H2. The van der Waals surface area contributed by atoms with Gasteiger partial charge in [0.15, 0.2) is 23.0 Å². The lowest BCUT2D eigenvalue weighted by Crippen LogP contribution is -2.28. The van der Waals surface area contributed by atoms with E-state index in [1.54, 1.807) is 12.1 Å². The zero-order valence-corrected chi connectivity index (χ0v) is 14.7. The summed E-state index contributed by atoms with van der Waals surface area (Å²) in [6.45, 7) is 1.27. The summed E-state index contributed by atoms with van der Waals surface area (Å²) in [6.07, 6.45) is 0.767. The summed E-state index contributed by atoms with van der Waals surface area (Å²) in [7, 11) is -3.57. The molecular weight excluding hydrogens is 358 g/mol. The van der Waals surface area contributed by atoms with E-state index in [2.05, 4.69) is 0 Å². The summed E-state index contributed by atoms with van der Waals surface area (Å²) >= 11 is 0. The van der Waals surface area contributed by atoms with Crippen LogP contribution in [0.15, 0.2) is 41.3 Å². The van der Waals surface area contributed by atoms with Crippen molar-refractivity contribution in [3.05, 3.63) is 42.0 Å². The molecule has 136 valence electrons. The van der Waals surface area contributed by atoms with Crippen LogP contribution in [0.1, 0.15) is 17.9 Å². The van der Waals surface area contributed by atoms with Crippen molar-refractivity contribution in [2.75, 3.05) is 26.7 Å². The number of sulfonamides is 1. The first-order valence-electron chi connectivity index (χ1n) is 8.40. The van der Waals surface area contributed by atoms with Gasteiger partial charge in [0.2, 0.25) is 23.6 Å². The highest BCUT2D eigenvalue weighted by molar-refractivity contribution is 7.89. The number of nitrogens with zero attached hydrogens (tertiary/aromatic N) is 1. The summed E-state index contributed by atoms with van der Waals surface area (Å²) in [5.41, 5.74) is 1.07.